The molecule has 0 spiro atoms. The summed E-state index contributed by atoms with van der Waals surface area (Å²) < 4.78 is 14.2. The van der Waals surface area contributed by atoms with Crippen molar-refractivity contribution in [3.63, 3.8) is 0 Å². The van der Waals surface area contributed by atoms with Gasteiger partial charge in [0.2, 0.25) is 0 Å². The first-order chi connectivity index (χ1) is 8.16. The van der Waals surface area contributed by atoms with Crippen molar-refractivity contribution in [2.24, 2.45) is 5.73 Å². The maximum atomic E-state index is 5.87. The normalized spacial score (nSPS) is 13.2. The van der Waals surface area contributed by atoms with Crippen LogP contribution in [0.15, 0.2) is 9.90 Å². The van der Waals surface area contributed by atoms with Crippen molar-refractivity contribution in [2.75, 3.05) is 6.61 Å². The Kier molecular flexibility index (Phi) is 3.77. The predicted octanol–water partition coefficient (Wildman–Crippen LogP) is 1.01. The highest BCUT2D eigenvalue weighted by molar-refractivity contribution is 7.03. The lowest BCUT2D eigenvalue weighted by Crippen LogP contribution is -2.20. The van der Waals surface area contributed by atoms with Crippen LogP contribution in [-0.2, 0) is 4.74 Å². The molecule has 0 radical (unpaired) electrons. The van der Waals surface area contributed by atoms with Gasteiger partial charge in [0.1, 0.15) is 0 Å². The average Bonchev–Trinajstić information content (AvgIpc) is 2.94. The van der Waals surface area contributed by atoms with Crippen molar-refractivity contribution in [1.82, 2.24) is 19.7 Å². The first kappa shape index (κ1) is 12.1. The monoisotopic (exact) mass is 255 g/mol. The largest absolute Gasteiger partial charge is 0.377 e. The SMILES string of the molecule is CC(C)OCC(N)c1noc(-c2csnn2)n1. The van der Waals surface area contributed by atoms with Crippen LogP contribution in [-0.4, -0.2) is 32.4 Å². The minimum absolute atomic E-state index is 0.121. The standard InChI is InChI=1S/C9H13N5O2S/c1-5(2)15-3-6(10)8-11-9(16-13-8)7-4-17-14-12-7/h4-6H,3,10H2,1-2H3. The minimum atomic E-state index is -0.401. The van der Waals surface area contributed by atoms with E-state index < -0.39 is 6.04 Å². The Labute approximate surface area is 102 Å². The van der Waals surface area contributed by atoms with E-state index in [9.17, 15) is 0 Å². The van der Waals surface area contributed by atoms with E-state index in [1.165, 1.54) is 11.5 Å². The number of nitrogens with zero attached hydrogens (tertiary/aromatic N) is 4. The summed E-state index contributed by atoms with van der Waals surface area (Å²) in [7, 11) is 0. The zero-order valence-corrected chi connectivity index (χ0v) is 10.3. The first-order valence-electron chi connectivity index (χ1n) is 5.15. The number of nitrogens with two attached hydrogens (primary N) is 1. The summed E-state index contributed by atoms with van der Waals surface area (Å²) >= 11 is 1.22. The fraction of sp³-hybridized carbons (Fsp3) is 0.556. The van der Waals surface area contributed by atoms with Gasteiger partial charge in [0.05, 0.1) is 18.8 Å². The second-order valence-electron chi connectivity index (χ2n) is 3.74. The molecule has 0 aromatic carbocycles. The molecule has 1 unspecified atom stereocenters. The number of hydrogen-bond donors (Lipinski definition) is 1. The Morgan fingerprint density at radius 1 is 1.53 bits per heavy atom. The molecule has 8 heteroatoms. The number of aromatic nitrogens is 4. The summed E-state index contributed by atoms with van der Waals surface area (Å²) in [5, 5.41) is 9.36. The molecule has 2 rings (SSSR count). The minimum Gasteiger partial charge on any atom is -0.377 e. The van der Waals surface area contributed by atoms with E-state index >= 15 is 0 Å². The maximum Gasteiger partial charge on any atom is 0.279 e. The van der Waals surface area contributed by atoms with Crippen LogP contribution in [0.1, 0.15) is 25.7 Å². The third-order valence-corrected chi connectivity index (χ3v) is 2.47. The molecule has 7 nitrogen and oxygen atoms in total. The van der Waals surface area contributed by atoms with E-state index in [4.69, 9.17) is 15.0 Å². The number of ether oxygens (including phenoxy) is 1. The second-order valence-corrected chi connectivity index (χ2v) is 4.35. The van der Waals surface area contributed by atoms with E-state index in [1.54, 1.807) is 5.38 Å². The molecule has 2 aromatic rings. The van der Waals surface area contributed by atoms with Crippen molar-refractivity contribution in [3.05, 3.63) is 11.2 Å². The summed E-state index contributed by atoms with van der Waals surface area (Å²) in [5.41, 5.74) is 6.43. The zero-order chi connectivity index (χ0) is 12.3. The predicted molar refractivity (Wildman–Crippen MR) is 61.2 cm³/mol. The van der Waals surface area contributed by atoms with E-state index in [0.29, 0.717) is 24.0 Å². The topological polar surface area (TPSA) is 100.0 Å². The fourth-order valence-electron chi connectivity index (χ4n) is 1.12. The van der Waals surface area contributed by atoms with Crippen LogP contribution >= 0.6 is 11.5 Å². The number of hydrogen-bond acceptors (Lipinski definition) is 8. The van der Waals surface area contributed by atoms with Crippen LogP contribution in [0.2, 0.25) is 0 Å². The van der Waals surface area contributed by atoms with Gasteiger partial charge in [-0.05, 0) is 25.4 Å². The molecule has 0 saturated carbocycles. The molecule has 2 N–H and O–H groups in total. The Hall–Kier alpha value is -1.38. The highest BCUT2D eigenvalue weighted by atomic mass is 32.1. The van der Waals surface area contributed by atoms with E-state index in [2.05, 4.69) is 19.7 Å². The summed E-state index contributed by atoms with van der Waals surface area (Å²) in [5.74, 6) is 0.738. The van der Waals surface area contributed by atoms with Crippen molar-refractivity contribution in [1.29, 1.82) is 0 Å². The maximum absolute atomic E-state index is 5.87. The van der Waals surface area contributed by atoms with E-state index in [-0.39, 0.29) is 6.10 Å². The van der Waals surface area contributed by atoms with Crippen LogP contribution in [0.4, 0.5) is 0 Å². The molecule has 2 aromatic heterocycles. The van der Waals surface area contributed by atoms with Crippen LogP contribution in [0, 0.1) is 0 Å². The van der Waals surface area contributed by atoms with Crippen molar-refractivity contribution >= 4 is 11.5 Å². The molecule has 92 valence electrons. The molecule has 0 bridgehead atoms. The molecule has 0 aliphatic carbocycles. The van der Waals surface area contributed by atoms with Gasteiger partial charge in [0.15, 0.2) is 11.5 Å². The van der Waals surface area contributed by atoms with Crippen molar-refractivity contribution in [2.45, 2.75) is 26.0 Å². The molecule has 0 amide bonds. The Morgan fingerprint density at radius 3 is 3.00 bits per heavy atom. The van der Waals surface area contributed by atoms with Crippen LogP contribution < -0.4 is 5.73 Å². The lowest BCUT2D eigenvalue weighted by atomic mass is 10.3. The first-order valence-corrected chi connectivity index (χ1v) is 5.98. The lowest BCUT2D eigenvalue weighted by Gasteiger charge is -2.10. The van der Waals surface area contributed by atoms with Crippen molar-refractivity contribution in [3.8, 4) is 11.6 Å². The molecule has 0 aliphatic rings. The van der Waals surface area contributed by atoms with Crippen LogP contribution in [0.25, 0.3) is 11.6 Å². The summed E-state index contributed by atoms with van der Waals surface area (Å²) in [4.78, 5) is 4.15. The van der Waals surface area contributed by atoms with Gasteiger partial charge in [0, 0.05) is 5.38 Å². The van der Waals surface area contributed by atoms with Gasteiger partial charge in [-0.3, -0.25) is 0 Å². The van der Waals surface area contributed by atoms with Crippen LogP contribution in [0.3, 0.4) is 0 Å². The Morgan fingerprint density at radius 2 is 2.35 bits per heavy atom. The number of rotatable bonds is 5. The molecule has 1 atom stereocenters. The Bertz CT molecular complexity index is 456. The van der Waals surface area contributed by atoms with Crippen LogP contribution in [0.5, 0.6) is 0 Å². The molecule has 2 heterocycles. The van der Waals surface area contributed by atoms with Gasteiger partial charge in [0.25, 0.3) is 5.89 Å². The second kappa shape index (κ2) is 5.30. The molecular weight excluding hydrogens is 242 g/mol. The van der Waals surface area contributed by atoms with E-state index in [1.807, 2.05) is 13.8 Å². The summed E-state index contributed by atoms with van der Waals surface area (Å²) in [6, 6.07) is -0.401. The summed E-state index contributed by atoms with van der Waals surface area (Å²) in [6.07, 6.45) is 0.121. The fourth-order valence-corrected chi connectivity index (χ4v) is 1.55. The molecule has 0 aliphatic heterocycles. The zero-order valence-electron chi connectivity index (χ0n) is 9.53. The van der Waals surface area contributed by atoms with Gasteiger partial charge in [-0.2, -0.15) is 4.98 Å². The highest BCUT2D eigenvalue weighted by Gasteiger charge is 2.17. The van der Waals surface area contributed by atoms with E-state index in [0.717, 1.165) is 0 Å². The molecule has 17 heavy (non-hydrogen) atoms. The quantitative estimate of drug-likeness (QED) is 0.850. The van der Waals surface area contributed by atoms with Gasteiger partial charge in [-0.1, -0.05) is 9.64 Å². The average molecular weight is 255 g/mol. The highest BCUT2D eigenvalue weighted by Crippen LogP contribution is 2.17. The third kappa shape index (κ3) is 3.05. The van der Waals surface area contributed by atoms with Gasteiger partial charge < -0.3 is 15.0 Å². The third-order valence-electron chi connectivity index (χ3n) is 1.96. The van der Waals surface area contributed by atoms with Gasteiger partial charge in [-0.25, -0.2) is 0 Å². The Balaban J connectivity index is 2.03. The molecular formula is C9H13N5O2S. The summed E-state index contributed by atoms with van der Waals surface area (Å²) in [6.45, 7) is 4.23. The lowest BCUT2D eigenvalue weighted by molar-refractivity contribution is 0.0665. The molecule has 0 fully saturated rings. The van der Waals surface area contributed by atoms with Gasteiger partial charge in [-0.15, -0.1) is 5.10 Å². The molecule has 0 saturated heterocycles. The van der Waals surface area contributed by atoms with Crippen molar-refractivity contribution < 1.29 is 9.26 Å². The van der Waals surface area contributed by atoms with Gasteiger partial charge >= 0.3 is 0 Å². The smallest absolute Gasteiger partial charge is 0.279 e.